The van der Waals surface area contributed by atoms with E-state index in [-0.39, 0.29) is 24.1 Å². The summed E-state index contributed by atoms with van der Waals surface area (Å²) in [5, 5.41) is 0. The topological polar surface area (TPSA) is 49.9 Å². The van der Waals surface area contributed by atoms with Crippen LogP contribution in [0, 0.1) is 17.5 Å². The number of hydrogen-bond acceptors (Lipinski definition) is 3. The van der Waals surface area contributed by atoms with Crippen LogP contribution in [0.5, 0.6) is 0 Å². The molecule has 1 aromatic rings. The molecule has 0 N–H and O–H groups in total. The van der Waals surface area contributed by atoms with Crippen molar-refractivity contribution in [3.05, 3.63) is 35.1 Å². The largest absolute Gasteiger partial charge is 0.453 e. The SMILES string of the molecule is COC(=O)N1C[C@@H]2CCCC(=O)N2[C@H](c2cc(F)c(F)c(F)c2)C1. The maximum absolute atomic E-state index is 13.6. The molecule has 0 aliphatic carbocycles. The first kappa shape index (κ1) is 16.6. The second-order valence-electron chi connectivity index (χ2n) is 6.04. The average molecular weight is 342 g/mol. The van der Waals surface area contributed by atoms with Crippen LogP contribution in [0.1, 0.15) is 30.9 Å². The van der Waals surface area contributed by atoms with Gasteiger partial charge in [0.05, 0.1) is 19.2 Å². The summed E-state index contributed by atoms with van der Waals surface area (Å²) in [6, 6.07) is 0.770. The number of amides is 2. The second-order valence-corrected chi connectivity index (χ2v) is 6.04. The minimum Gasteiger partial charge on any atom is -0.453 e. The van der Waals surface area contributed by atoms with Gasteiger partial charge in [-0.1, -0.05) is 0 Å². The van der Waals surface area contributed by atoms with Crippen LogP contribution in [0.15, 0.2) is 12.1 Å². The number of ether oxygens (including phenoxy) is 1. The molecule has 2 amide bonds. The molecule has 2 fully saturated rings. The van der Waals surface area contributed by atoms with Gasteiger partial charge in [0, 0.05) is 19.5 Å². The maximum Gasteiger partial charge on any atom is 0.409 e. The van der Waals surface area contributed by atoms with Gasteiger partial charge in [-0.2, -0.15) is 0 Å². The Bertz CT molecular complexity index is 660. The number of halogens is 3. The Morgan fingerprint density at radius 2 is 1.88 bits per heavy atom. The molecule has 2 saturated heterocycles. The van der Waals surface area contributed by atoms with Crippen LogP contribution < -0.4 is 0 Å². The van der Waals surface area contributed by atoms with Crippen LogP contribution in [0.4, 0.5) is 18.0 Å². The fraction of sp³-hybridized carbons (Fsp3) is 0.500. The fourth-order valence-electron chi connectivity index (χ4n) is 3.51. The summed E-state index contributed by atoms with van der Waals surface area (Å²) in [7, 11) is 1.24. The summed E-state index contributed by atoms with van der Waals surface area (Å²) in [4.78, 5) is 27.2. The number of fused-ring (bicyclic) bond motifs is 1. The molecule has 3 rings (SSSR count). The van der Waals surface area contributed by atoms with Crippen LogP contribution in [0.25, 0.3) is 0 Å². The molecule has 0 radical (unpaired) electrons. The van der Waals surface area contributed by atoms with Gasteiger partial charge < -0.3 is 14.5 Å². The average Bonchev–Trinajstić information content (AvgIpc) is 2.57. The smallest absolute Gasteiger partial charge is 0.409 e. The van der Waals surface area contributed by atoms with Crippen LogP contribution in [0.3, 0.4) is 0 Å². The van der Waals surface area contributed by atoms with Crippen molar-refractivity contribution < 1.29 is 27.5 Å². The molecule has 0 saturated carbocycles. The Morgan fingerprint density at radius 1 is 1.21 bits per heavy atom. The molecule has 0 aromatic heterocycles. The molecule has 5 nitrogen and oxygen atoms in total. The van der Waals surface area contributed by atoms with Gasteiger partial charge in [-0.05, 0) is 30.5 Å². The van der Waals surface area contributed by atoms with Gasteiger partial charge in [0.15, 0.2) is 17.5 Å². The molecular formula is C16H17F3N2O3. The van der Waals surface area contributed by atoms with E-state index in [1.807, 2.05) is 0 Å². The predicted molar refractivity (Wildman–Crippen MR) is 77.5 cm³/mol. The number of rotatable bonds is 1. The number of benzene rings is 1. The Hall–Kier alpha value is -2.25. The maximum atomic E-state index is 13.6. The zero-order valence-electron chi connectivity index (χ0n) is 13.1. The summed E-state index contributed by atoms with van der Waals surface area (Å²) in [6.45, 7) is 0.348. The zero-order chi connectivity index (χ0) is 17.4. The number of piperidine rings is 1. The highest BCUT2D eigenvalue weighted by Crippen LogP contribution is 2.35. The normalized spacial score (nSPS) is 23.9. The van der Waals surface area contributed by atoms with Crippen LogP contribution in [-0.4, -0.2) is 48.0 Å². The van der Waals surface area contributed by atoms with Crippen LogP contribution >= 0.6 is 0 Å². The van der Waals surface area contributed by atoms with Gasteiger partial charge in [0.1, 0.15) is 0 Å². The summed E-state index contributed by atoms with van der Waals surface area (Å²) in [5.74, 6) is -4.32. The molecule has 2 atom stereocenters. The Kier molecular flexibility index (Phi) is 4.38. The molecule has 24 heavy (non-hydrogen) atoms. The van der Waals surface area contributed by atoms with Gasteiger partial charge in [0.25, 0.3) is 0 Å². The van der Waals surface area contributed by atoms with Gasteiger partial charge in [-0.15, -0.1) is 0 Å². The fourth-order valence-corrected chi connectivity index (χ4v) is 3.51. The van der Waals surface area contributed by atoms with Crippen molar-refractivity contribution in [3.63, 3.8) is 0 Å². The molecule has 8 heteroatoms. The lowest BCUT2D eigenvalue weighted by Gasteiger charge is -2.48. The third kappa shape index (κ3) is 2.81. The lowest BCUT2D eigenvalue weighted by Crippen LogP contribution is -2.59. The van der Waals surface area contributed by atoms with Crippen LogP contribution in [0.2, 0.25) is 0 Å². The molecule has 130 valence electrons. The van der Waals surface area contributed by atoms with Crippen LogP contribution in [-0.2, 0) is 9.53 Å². The molecule has 0 spiro atoms. The van der Waals surface area contributed by atoms with Crippen molar-refractivity contribution in [2.75, 3.05) is 20.2 Å². The minimum absolute atomic E-state index is 0.0411. The van der Waals surface area contributed by atoms with Gasteiger partial charge in [0.2, 0.25) is 5.91 Å². The zero-order valence-corrected chi connectivity index (χ0v) is 13.1. The highest BCUT2D eigenvalue weighted by Gasteiger charge is 2.42. The quantitative estimate of drug-likeness (QED) is 0.737. The highest BCUT2D eigenvalue weighted by atomic mass is 19.2. The van der Waals surface area contributed by atoms with E-state index < -0.39 is 29.6 Å². The molecule has 2 aliphatic rings. The highest BCUT2D eigenvalue weighted by molar-refractivity contribution is 5.78. The Balaban J connectivity index is 2.00. The lowest BCUT2D eigenvalue weighted by molar-refractivity contribution is -0.143. The summed E-state index contributed by atoms with van der Waals surface area (Å²) < 4.78 is 45.2. The van der Waals surface area contributed by atoms with Gasteiger partial charge >= 0.3 is 6.09 Å². The molecule has 2 heterocycles. The molecule has 2 aliphatic heterocycles. The molecule has 0 bridgehead atoms. The number of carbonyl (C=O) groups is 2. The van der Waals surface area contributed by atoms with Gasteiger partial charge in [-0.25, -0.2) is 18.0 Å². The number of piperazine rings is 1. The van der Waals surface area contributed by atoms with E-state index in [0.29, 0.717) is 25.8 Å². The lowest BCUT2D eigenvalue weighted by atomic mass is 9.92. The Morgan fingerprint density at radius 3 is 2.50 bits per heavy atom. The van der Waals surface area contributed by atoms with E-state index in [2.05, 4.69) is 0 Å². The molecule has 1 aromatic carbocycles. The van der Waals surface area contributed by atoms with E-state index in [4.69, 9.17) is 4.74 Å². The number of nitrogens with zero attached hydrogens (tertiary/aromatic N) is 2. The number of methoxy groups -OCH3 is 1. The summed E-state index contributed by atoms with van der Waals surface area (Å²) >= 11 is 0. The standard InChI is InChI=1S/C16H17F3N2O3/c1-24-16(23)20-7-10-3-2-4-14(22)21(10)13(8-20)9-5-11(17)15(19)12(18)6-9/h5-6,10,13H,2-4,7-8H2,1H3/t10-,13-/m0/s1. The number of hydrogen-bond donors (Lipinski definition) is 0. The van der Waals surface area contributed by atoms with Gasteiger partial charge in [-0.3, -0.25) is 4.79 Å². The van der Waals surface area contributed by atoms with Crippen molar-refractivity contribution in [2.24, 2.45) is 0 Å². The molecule has 0 unspecified atom stereocenters. The first-order valence-electron chi connectivity index (χ1n) is 7.71. The van der Waals surface area contributed by atoms with E-state index in [1.165, 1.54) is 12.0 Å². The summed E-state index contributed by atoms with van der Waals surface area (Å²) in [5.41, 5.74) is 0.125. The van der Waals surface area contributed by atoms with Crippen molar-refractivity contribution in [3.8, 4) is 0 Å². The first-order chi connectivity index (χ1) is 11.4. The first-order valence-corrected chi connectivity index (χ1v) is 7.71. The Labute approximate surface area is 137 Å². The van der Waals surface area contributed by atoms with E-state index in [0.717, 1.165) is 12.1 Å². The third-order valence-electron chi connectivity index (χ3n) is 4.59. The van der Waals surface area contributed by atoms with Crippen molar-refractivity contribution in [1.29, 1.82) is 0 Å². The van der Waals surface area contributed by atoms with E-state index in [1.54, 1.807) is 4.90 Å². The minimum atomic E-state index is -1.55. The van der Waals surface area contributed by atoms with Crippen molar-refractivity contribution >= 4 is 12.0 Å². The monoisotopic (exact) mass is 342 g/mol. The van der Waals surface area contributed by atoms with Crippen molar-refractivity contribution in [1.82, 2.24) is 9.80 Å². The van der Waals surface area contributed by atoms with E-state index in [9.17, 15) is 22.8 Å². The summed E-state index contributed by atoms with van der Waals surface area (Å²) in [6.07, 6.45) is 1.15. The second kappa shape index (κ2) is 6.33. The third-order valence-corrected chi connectivity index (χ3v) is 4.59. The predicted octanol–water partition coefficient (Wildman–Crippen LogP) is 2.61. The van der Waals surface area contributed by atoms with Crippen molar-refractivity contribution in [2.45, 2.75) is 31.3 Å². The molecular weight excluding hydrogens is 325 g/mol. The number of carbonyl (C=O) groups excluding carboxylic acids is 2. The van der Waals surface area contributed by atoms with E-state index >= 15 is 0 Å².